The molecule has 1 aromatic carbocycles. The molecule has 0 radical (unpaired) electrons. The number of ether oxygens (including phenoxy) is 1. The Morgan fingerprint density at radius 2 is 2.05 bits per heavy atom. The lowest BCUT2D eigenvalue weighted by molar-refractivity contribution is -0.140. The van der Waals surface area contributed by atoms with Gasteiger partial charge in [-0.2, -0.15) is 0 Å². The monoisotopic (exact) mass is 277 g/mol. The molecule has 20 heavy (non-hydrogen) atoms. The van der Waals surface area contributed by atoms with E-state index in [0.29, 0.717) is 11.3 Å². The normalized spacial score (nSPS) is 11.8. The van der Waals surface area contributed by atoms with Crippen molar-refractivity contribution < 1.29 is 19.4 Å². The molecule has 0 fully saturated rings. The van der Waals surface area contributed by atoms with Gasteiger partial charge in [0.15, 0.2) is 0 Å². The summed E-state index contributed by atoms with van der Waals surface area (Å²) in [6.07, 6.45) is 1.57. The molecule has 0 aliphatic heterocycles. The third-order valence-electron chi connectivity index (χ3n) is 2.71. The number of aliphatic carboxylic acids is 1. The first kappa shape index (κ1) is 15.8. The number of carboxylic acid groups (broad SMARTS) is 1. The molecule has 0 aliphatic rings. The Labute approximate surface area is 118 Å². The summed E-state index contributed by atoms with van der Waals surface area (Å²) in [5, 5.41) is 11.6. The Kier molecular flexibility index (Phi) is 5.77. The highest BCUT2D eigenvalue weighted by atomic mass is 16.5. The van der Waals surface area contributed by atoms with Crippen molar-refractivity contribution in [1.29, 1.82) is 0 Å². The maximum atomic E-state index is 12.2. The summed E-state index contributed by atoms with van der Waals surface area (Å²) < 4.78 is 5.38. The second kappa shape index (κ2) is 7.33. The van der Waals surface area contributed by atoms with Gasteiger partial charge in [0.05, 0.1) is 5.56 Å². The number of rotatable bonds is 7. The van der Waals surface area contributed by atoms with E-state index in [4.69, 9.17) is 9.84 Å². The molecular formula is C15H19NO4. The van der Waals surface area contributed by atoms with Crippen molar-refractivity contribution in [3.63, 3.8) is 0 Å². The largest absolute Gasteiger partial charge is 0.489 e. The predicted molar refractivity (Wildman–Crippen MR) is 75.9 cm³/mol. The van der Waals surface area contributed by atoms with Crippen LogP contribution in [0, 0.1) is 5.92 Å². The highest BCUT2D eigenvalue weighted by molar-refractivity contribution is 5.98. The molecule has 1 atom stereocenters. The van der Waals surface area contributed by atoms with Crippen LogP contribution >= 0.6 is 0 Å². The zero-order valence-corrected chi connectivity index (χ0v) is 11.6. The summed E-state index contributed by atoms with van der Waals surface area (Å²) in [6.45, 7) is 7.29. The maximum absolute atomic E-state index is 12.2. The zero-order valence-electron chi connectivity index (χ0n) is 11.6. The van der Waals surface area contributed by atoms with Crippen LogP contribution in [0.2, 0.25) is 0 Å². The summed E-state index contributed by atoms with van der Waals surface area (Å²) in [5.41, 5.74) is 0.307. The molecule has 1 unspecified atom stereocenters. The minimum Gasteiger partial charge on any atom is -0.489 e. The first-order chi connectivity index (χ1) is 9.47. The Bertz CT molecular complexity index is 496. The van der Waals surface area contributed by atoms with Crippen LogP contribution in [0.3, 0.4) is 0 Å². The van der Waals surface area contributed by atoms with Gasteiger partial charge in [0.2, 0.25) is 0 Å². The first-order valence-electron chi connectivity index (χ1n) is 6.33. The van der Waals surface area contributed by atoms with Gasteiger partial charge in [-0.05, 0) is 18.1 Å². The third-order valence-corrected chi connectivity index (χ3v) is 2.71. The van der Waals surface area contributed by atoms with Gasteiger partial charge in [-0.1, -0.05) is 38.6 Å². The van der Waals surface area contributed by atoms with Gasteiger partial charge in [-0.15, -0.1) is 0 Å². The summed E-state index contributed by atoms with van der Waals surface area (Å²) in [5.74, 6) is -1.33. The lowest BCUT2D eigenvalue weighted by Gasteiger charge is -2.18. The molecule has 0 spiro atoms. The van der Waals surface area contributed by atoms with Gasteiger partial charge in [-0.25, -0.2) is 4.79 Å². The van der Waals surface area contributed by atoms with Crippen molar-refractivity contribution in [2.24, 2.45) is 5.92 Å². The van der Waals surface area contributed by atoms with Crippen LogP contribution in [0.1, 0.15) is 24.2 Å². The molecule has 0 heterocycles. The van der Waals surface area contributed by atoms with Crippen LogP contribution in [0.25, 0.3) is 0 Å². The number of carbonyl (C=O) groups excluding carboxylic acids is 1. The number of benzene rings is 1. The van der Waals surface area contributed by atoms with E-state index in [1.54, 1.807) is 44.2 Å². The molecule has 1 aromatic rings. The quantitative estimate of drug-likeness (QED) is 0.748. The minimum absolute atomic E-state index is 0.210. The highest BCUT2D eigenvalue weighted by Crippen LogP contribution is 2.18. The standard InChI is InChI=1S/C15H19NO4/c1-4-9-20-12-8-6-5-7-11(12)14(17)16-13(10(2)3)15(18)19/h4-8,10,13H,1,9H2,2-3H3,(H,16,17)(H,18,19). The van der Waals surface area contributed by atoms with Gasteiger partial charge in [-0.3, -0.25) is 4.79 Å². The number of amides is 1. The fourth-order valence-electron chi connectivity index (χ4n) is 1.66. The predicted octanol–water partition coefficient (Wildman–Crippen LogP) is 2.09. The fourth-order valence-corrected chi connectivity index (χ4v) is 1.66. The van der Waals surface area contributed by atoms with Crippen LogP contribution in [-0.4, -0.2) is 29.6 Å². The first-order valence-corrected chi connectivity index (χ1v) is 6.33. The van der Waals surface area contributed by atoms with Crippen LogP contribution in [-0.2, 0) is 4.79 Å². The second-order valence-corrected chi connectivity index (χ2v) is 4.63. The van der Waals surface area contributed by atoms with Crippen LogP contribution < -0.4 is 10.1 Å². The van der Waals surface area contributed by atoms with Crippen LogP contribution in [0.5, 0.6) is 5.75 Å². The van der Waals surface area contributed by atoms with E-state index in [1.165, 1.54) is 0 Å². The number of nitrogens with one attached hydrogen (secondary N) is 1. The van der Waals surface area contributed by atoms with Crippen molar-refractivity contribution in [2.45, 2.75) is 19.9 Å². The number of carbonyl (C=O) groups is 2. The summed E-state index contributed by atoms with van der Waals surface area (Å²) >= 11 is 0. The molecule has 1 amide bonds. The van der Waals surface area contributed by atoms with Crippen LogP contribution in [0.4, 0.5) is 0 Å². The zero-order chi connectivity index (χ0) is 15.1. The van der Waals surface area contributed by atoms with E-state index >= 15 is 0 Å². The smallest absolute Gasteiger partial charge is 0.326 e. The summed E-state index contributed by atoms with van der Waals surface area (Å²) in [7, 11) is 0. The summed E-state index contributed by atoms with van der Waals surface area (Å²) in [4.78, 5) is 23.3. The van der Waals surface area contributed by atoms with E-state index in [1.807, 2.05) is 0 Å². The minimum atomic E-state index is -1.06. The topological polar surface area (TPSA) is 75.6 Å². The summed E-state index contributed by atoms with van der Waals surface area (Å²) in [6, 6.07) is 5.75. The van der Waals surface area contributed by atoms with E-state index in [-0.39, 0.29) is 12.5 Å². The number of hydrogen-bond acceptors (Lipinski definition) is 3. The molecule has 0 aromatic heterocycles. The fraction of sp³-hybridized carbons (Fsp3) is 0.333. The Balaban J connectivity index is 2.91. The van der Waals surface area contributed by atoms with Crippen molar-refractivity contribution in [1.82, 2.24) is 5.32 Å². The molecule has 0 saturated heterocycles. The van der Waals surface area contributed by atoms with Crippen molar-refractivity contribution in [3.8, 4) is 5.75 Å². The Morgan fingerprint density at radius 1 is 1.40 bits per heavy atom. The molecule has 2 N–H and O–H groups in total. The van der Waals surface area contributed by atoms with Gasteiger partial charge < -0.3 is 15.2 Å². The molecule has 1 rings (SSSR count). The highest BCUT2D eigenvalue weighted by Gasteiger charge is 2.25. The number of hydrogen-bond donors (Lipinski definition) is 2. The molecule has 5 nitrogen and oxygen atoms in total. The van der Waals surface area contributed by atoms with E-state index < -0.39 is 17.9 Å². The van der Waals surface area contributed by atoms with E-state index in [0.717, 1.165) is 0 Å². The van der Waals surface area contributed by atoms with Crippen molar-refractivity contribution >= 4 is 11.9 Å². The van der Waals surface area contributed by atoms with Gasteiger partial charge >= 0.3 is 5.97 Å². The average Bonchev–Trinajstić information content (AvgIpc) is 2.41. The molecule has 0 aliphatic carbocycles. The SMILES string of the molecule is C=CCOc1ccccc1C(=O)NC(C(=O)O)C(C)C. The van der Waals surface area contributed by atoms with Crippen LogP contribution in [0.15, 0.2) is 36.9 Å². The molecule has 0 saturated carbocycles. The average molecular weight is 277 g/mol. The number of para-hydroxylation sites is 1. The van der Waals surface area contributed by atoms with Gasteiger partial charge in [0.1, 0.15) is 18.4 Å². The van der Waals surface area contributed by atoms with E-state index in [9.17, 15) is 9.59 Å². The molecular weight excluding hydrogens is 258 g/mol. The van der Waals surface area contributed by atoms with E-state index in [2.05, 4.69) is 11.9 Å². The Hall–Kier alpha value is -2.30. The van der Waals surface area contributed by atoms with Crippen molar-refractivity contribution in [2.75, 3.05) is 6.61 Å². The van der Waals surface area contributed by atoms with Crippen molar-refractivity contribution in [3.05, 3.63) is 42.5 Å². The lowest BCUT2D eigenvalue weighted by Crippen LogP contribution is -2.44. The molecule has 0 bridgehead atoms. The Morgan fingerprint density at radius 3 is 2.60 bits per heavy atom. The maximum Gasteiger partial charge on any atom is 0.326 e. The molecule has 5 heteroatoms. The second-order valence-electron chi connectivity index (χ2n) is 4.63. The number of carboxylic acids is 1. The molecule has 108 valence electrons. The third kappa shape index (κ3) is 4.12. The van der Waals surface area contributed by atoms with Gasteiger partial charge in [0, 0.05) is 0 Å². The lowest BCUT2D eigenvalue weighted by atomic mass is 10.0. The van der Waals surface area contributed by atoms with Gasteiger partial charge in [0.25, 0.3) is 5.91 Å².